The summed E-state index contributed by atoms with van der Waals surface area (Å²) in [6, 6.07) is 8.50. The Hall–Kier alpha value is -2.01. The predicted molar refractivity (Wildman–Crippen MR) is 82.4 cm³/mol. The van der Waals surface area contributed by atoms with Gasteiger partial charge in [0, 0.05) is 4.88 Å². The summed E-state index contributed by atoms with van der Waals surface area (Å²) in [5.74, 6) is -0.447. The summed E-state index contributed by atoms with van der Waals surface area (Å²) >= 11 is 1.24. The van der Waals surface area contributed by atoms with Gasteiger partial charge in [0.2, 0.25) is 0 Å². The van der Waals surface area contributed by atoms with Crippen molar-refractivity contribution < 1.29 is 19.7 Å². The Morgan fingerprint density at radius 2 is 2.00 bits per heavy atom. The molecule has 2 N–H and O–H groups in total. The first-order chi connectivity index (χ1) is 9.77. The average molecular weight is 306 g/mol. The van der Waals surface area contributed by atoms with Gasteiger partial charge in [0.25, 0.3) is 0 Å². The van der Waals surface area contributed by atoms with Crippen LogP contribution in [0.15, 0.2) is 30.3 Å². The van der Waals surface area contributed by atoms with Gasteiger partial charge in [-0.2, -0.15) is 0 Å². The minimum atomic E-state index is -0.985. The number of rotatable bonds is 4. The van der Waals surface area contributed by atoms with E-state index in [9.17, 15) is 15.0 Å². The molecule has 0 saturated heterocycles. The zero-order valence-electron chi connectivity index (χ0n) is 12.2. The Balaban J connectivity index is 2.23. The number of carboxylic acids is 1. The van der Waals surface area contributed by atoms with Crippen molar-refractivity contribution in [1.82, 2.24) is 0 Å². The maximum absolute atomic E-state index is 11.3. The van der Waals surface area contributed by atoms with Crippen molar-refractivity contribution in [3.05, 3.63) is 45.6 Å². The summed E-state index contributed by atoms with van der Waals surface area (Å²) in [6.07, 6.45) is 0. The fraction of sp³-hybridized carbons (Fsp3) is 0.312. The molecular formula is C16H18O4S. The van der Waals surface area contributed by atoms with Crippen LogP contribution < -0.4 is 4.74 Å². The van der Waals surface area contributed by atoms with E-state index >= 15 is 0 Å². The third-order valence-corrected chi connectivity index (χ3v) is 4.47. The van der Waals surface area contributed by atoms with E-state index in [4.69, 9.17) is 4.74 Å². The molecule has 112 valence electrons. The fourth-order valence-corrected chi connectivity index (χ4v) is 2.81. The van der Waals surface area contributed by atoms with Gasteiger partial charge in [-0.25, -0.2) is 4.79 Å². The van der Waals surface area contributed by atoms with E-state index < -0.39 is 5.97 Å². The molecule has 4 nitrogen and oxygen atoms in total. The van der Waals surface area contributed by atoms with E-state index in [0.717, 1.165) is 10.4 Å². The van der Waals surface area contributed by atoms with Gasteiger partial charge in [-0.1, -0.05) is 32.9 Å². The molecule has 0 radical (unpaired) electrons. The first-order valence-corrected chi connectivity index (χ1v) is 7.37. The van der Waals surface area contributed by atoms with E-state index in [1.165, 1.54) is 11.3 Å². The van der Waals surface area contributed by atoms with Crippen LogP contribution in [0, 0.1) is 0 Å². The van der Waals surface area contributed by atoms with Crippen molar-refractivity contribution >= 4 is 17.3 Å². The molecule has 0 aliphatic heterocycles. The fourth-order valence-electron chi connectivity index (χ4n) is 1.81. The molecule has 0 spiro atoms. The van der Waals surface area contributed by atoms with Gasteiger partial charge >= 0.3 is 5.97 Å². The van der Waals surface area contributed by atoms with Crippen molar-refractivity contribution in [1.29, 1.82) is 0 Å². The van der Waals surface area contributed by atoms with Crippen molar-refractivity contribution in [2.45, 2.75) is 32.8 Å². The first kappa shape index (κ1) is 15.4. The number of phenolic OH excluding ortho intramolecular Hbond substituents is 1. The number of thiophene rings is 1. The van der Waals surface area contributed by atoms with Crippen LogP contribution in [0.1, 0.15) is 40.9 Å². The molecule has 2 aromatic rings. The van der Waals surface area contributed by atoms with Gasteiger partial charge in [-0.05, 0) is 29.2 Å². The number of ether oxygens (including phenoxy) is 1. The topological polar surface area (TPSA) is 66.8 Å². The highest BCUT2D eigenvalue weighted by Gasteiger charge is 2.23. The Kier molecular flexibility index (Phi) is 4.23. The maximum atomic E-state index is 11.3. The first-order valence-electron chi connectivity index (χ1n) is 6.55. The zero-order valence-corrected chi connectivity index (χ0v) is 13.0. The second-order valence-electron chi connectivity index (χ2n) is 5.82. The molecule has 0 bridgehead atoms. The highest BCUT2D eigenvalue weighted by Crippen LogP contribution is 2.37. The Labute approximate surface area is 127 Å². The minimum Gasteiger partial charge on any atom is -0.508 e. The van der Waals surface area contributed by atoms with Crippen LogP contribution in [0.5, 0.6) is 11.5 Å². The summed E-state index contributed by atoms with van der Waals surface area (Å²) in [6.45, 7) is 6.31. The number of hydrogen-bond donors (Lipinski definition) is 2. The van der Waals surface area contributed by atoms with Gasteiger partial charge in [0.1, 0.15) is 18.1 Å². The molecule has 2 rings (SSSR count). The lowest BCUT2D eigenvalue weighted by Crippen LogP contribution is -2.08. The number of carbonyl (C=O) groups is 1. The van der Waals surface area contributed by atoms with Crippen LogP contribution in [0.4, 0.5) is 0 Å². The van der Waals surface area contributed by atoms with E-state index in [0.29, 0.717) is 5.75 Å². The lowest BCUT2D eigenvalue weighted by molar-refractivity contribution is 0.0697. The Bertz CT molecular complexity index is 653. The Morgan fingerprint density at radius 3 is 2.57 bits per heavy atom. The number of phenols is 1. The van der Waals surface area contributed by atoms with Crippen LogP contribution in [0.25, 0.3) is 0 Å². The highest BCUT2D eigenvalue weighted by molar-refractivity contribution is 7.14. The number of hydrogen-bond acceptors (Lipinski definition) is 4. The Morgan fingerprint density at radius 1 is 1.29 bits per heavy atom. The SMILES string of the molecule is CC(C)(C)c1cc(OCc2cccc(O)c2)c(C(=O)O)s1. The molecule has 1 aromatic carbocycles. The standard InChI is InChI=1S/C16H18O4S/c1-16(2,3)13-8-12(14(21-13)15(18)19)20-9-10-5-4-6-11(17)7-10/h4-8,17H,9H2,1-3H3,(H,18,19). The van der Waals surface area contributed by atoms with Crippen LogP contribution in [0.2, 0.25) is 0 Å². The van der Waals surface area contributed by atoms with E-state index in [2.05, 4.69) is 0 Å². The van der Waals surface area contributed by atoms with E-state index in [1.54, 1.807) is 24.3 Å². The lowest BCUT2D eigenvalue weighted by Gasteiger charge is -2.15. The van der Waals surface area contributed by atoms with Crippen molar-refractivity contribution in [2.24, 2.45) is 0 Å². The van der Waals surface area contributed by atoms with Gasteiger partial charge in [-0.3, -0.25) is 0 Å². The largest absolute Gasteiger partial charge is 0.508 e. The molecule has 0 atom stereocenters. The number of aromatic hydroxyl groups is 1. The predicted octanol–water partition coefficient (Wildman–Crippen LogP) is 4.03. The summed E-state index contributed by atoms with van der Waals surface area (Å²) < 4.78 is 5.63. The zero-order chi connectivity index (χ0) is 15.6. The van der Waals surface area contributed by atoms with Gasteiger partial charge < -0.3 is 14.9 Å². The summed E-state index contributed by atoms with van der Waals surface area (Å²) in [5.41, 5.74) is 0.663. The number of carboxylic acid groups (broad SMARTS) is 1. The molecule has 21 heavy (non-hydrogen) atoms. The van der Waals surface area contributed by atoms with E-state index in [1.807, 2.05) is 26.8 Å². The normalized spacial score (nSPS) is 11.4. The lowest BCUT2D eigenvalue weighted by atomic mass is 9.95. The molecule has 0 aliphatic carbocycles. The third kappa shape index (κ3) is 3.76. The average Bonchev–Trinajstić information content (AvgIpc) is 2.80. The molecule has 5 heteroatoms. The van der Waals surface area contributed by atoms with Crippen LogP contribution >= 0.6 is 11.3 Å². The number of aromatic carboxylic acids is 1. The van der Waals surface area contributed by atoms with Crippen LogP contribution in [0.3, 0.4) is 0 Å². The monoisotopic (exact) mass is 306 g/mol. The molecule has 0 amide bonds. The molecule has 0 unspecified atom stereocenters. The molecule has 0 saturated carbocycles. The van der Waals surface area contributed by atoms with Crippen LogP contribution in [-0.4, -0.2) is 16.2 Å². The van der Waals surface area contributed by atoms with Crippen LogP contribution in [-0.2, 0) is 12.0 Å². The smallest absolute Gasteiger partial charge is 0.349 e. The van der Waals surface area contributed by atoms with Gasteiger partial charge in [0.15, 0.2) is 4.88 Å². The van der Waals surface area contributed by atoms with E-state index in [-0.39, 0.29) is 22.6 Å². The quantitative estimate of drug-likeness (QED) is 0.895. The summed E-state index contributed by atoms with van der Waals surface area (Å²) in [7, 11) is 0. The molecule has 0 aliphatic rings. The molecule has 0 fully saturated rings. The molecule has 1 aromatic heterocycles. The van der Waals surface area contributed by atoms with Crippen molar-refractivity contribution in [3.8, 4) is 11.5 Å². The highest BCUT2D eigenvalue weighted by atomic mass is 32.1. The van der Waals surface area contributed by atoms with Crippen molar-refractivity contribution in [2.75, 3.05) is 0 Å². The van der Waals surface area contributed by atoms with Gasteiger partial charge in [0.05, 0.1) is 0 Å². The third-order valence-electron chi connectivity index (χ3n) is 2.94. The summed E-state index contributed by atoms with van der Waals surface area (Å²) in [4.78, 5) is 12.5. The molecule has 1 heterocycles. The second kappa shape index (κ2) is 5.77. The van der Waals surface area contributed by atoms with Gasteiger partial charge in [-0.15, -0.1) is 11.3 Å². The molecular weight excluding hydrogens is 288 g/mol. The minimum absolute atomic E-state index is 0.124. The van der Waals surface area contributed by atoms with Crippen molar-refractivity contribution in [3.63, 3.8) is 0 Å². The second-order valence-corrected chi connectivity index (χ2v) is 6.87. The summed E-state index contributed by atoms with van der Waals surface area (Å²) in [5, 5.41) is 18.7. The number of benzene rings is 1. The maximum Gasteiger partial charge on any atom is 0.349 e.